The summed E-state index contributed by atoms with van der Waals surface area (Å²) in [6.07, 6.45) is 0. The number of nitrogens with zero attached hydrogens (tertiary/aromatic N) is 2. The molecule has 2 unspecified atom stereocenters. The predicted octanol–water partition coefficient (Wildman–Crippen LogP) is -1.17. The van der Waals surface area contributed by atoms with Crippen molar-refractivity contribution < 1.29 is 28.8 Å². The number of nitrogens with one attached hydrogen (secondary N) is 3. The second kappa shape index (κ2) is 8.58. The third kappa shape index (κ3) is 4.26. The number of hydrogen-bond acceptors (Lipinski definition) is 9. The molecule has 0 aliphatic carbocycles. The number of halogens is 1. The van der Waals surface area contributed by atoms with Crippen molar-refractivity contribution in [2.75, 3.05) is 25.4 Å². The molecule has 3 amide bonds. The highest BCUT2D eigenvalue weighted by atomic mass is 35.5. The number of alkyl halides is 1. The number of aromatic nitrogens is 1. The van der Waals surface area contributed by atoms with E-state index in [1.54, 1.807) is 0 Å². The maximum atomic E-state index is 12.4. The van der Waals surface area contributed by atoms with E-state index in [0.717, 1.165) is 18.4 Å². The fourth-order valence-electron chi connectivity index (χ4n) is 1.95. The predicted molar refractivity (Wildman–Crippen MR) is 90.9 cm³/mol. The van der Waals surface area contributed by atoms with Gasteiger partial charge in [0.2, 0.25) is 11.8 Å². The zero-order valence-electron chi connectivity index (χ0n) is 13.6. The third-order valence-electron chi connectivity index (χ3n) is 3.17. The first kappa shape index (κ1) is 19.6. The van der Waals surface area contributed by atoms with Crippen LogP contribution in [0.15, 0.2) is 10.5 Å². The second-order valence-corrected chi connectivity index (χ2v) is 5.93. The van der Waals surface area contributed by atoms with Gasteiger partial charge in [0.25, 0.3) is 5.91 Å². The van der Waals surface area contributed by atoms with Gasteiger partial charge in [-0.3, -0.25) is 14.4 Å². The maximum Gasteiger partial charge on any atom is 0.331 e. The van der Waals surface area contributed by atoms with Gasteiger partial charge in [0.1, 0.15) is 24.7 Å². The monoisotopic (exact) mass is 403 g/mol. The van der Waals surface area contributed by atoms with Crippen LogP contribution in [0.5, 0.6) is 0 Å². The molecule has 2 atom stereocenters. The zero-order valence-corrected chi connectivity index (χ0v) is 15.1. The Morgan fingerprint density at radius 3 is 2.73 bits per heavy atom. The Kier molecular flexibility index (Phi) is 6.46. The van der Waals surface area contributed by atoms with Crippen molar-refractivity contribution in [1.82, 2.24) is 15.6 Å². The van der Waals surface area contributed by atoms with Crippen LogP contribution in [0.25, 0.3) is 0 Å². The highest BCUT2D eigenvalue weighted by molar-refractivity contribution is 7.14. The fourth-order valence-corrected chi connectivity index (χ4v) is 2.73. The fraction of sp³-hybridized carbons (Fsp3) is 0.385. The van der Waals surface area contributed by atoms with Crippen molar-refractivity contribution in [2.45, 2.75) is 12.1 Å². The summed E-state index contributed by atoms with van der Waals surface area (Å²) in [5.74, 6) is -2.74. The van der Waals surface area contributed by atoms with Crippen molar-refractivity contribution in [1.29, 1.82) is 0 Å². The summed E-state index contributed by atoms with van der Waals surface area (Å²) >= 11 is 6.44. The van der Waals surface area contributed by atoms with Gasteiger partial charge < -0.3 is 25.5 Å². The van der Waals surface area contributed by atoms with E-state index in [-0.39, 0.29) is 22.4 Å². The summed E-state index contributed by atoms with van der Waals surface area (Å²) in [6.45, 7) is 0. The SMILES string of the molecule is CON=C(C(=O)NC1C(=O)NC1C(=O)OC)c1csc(NC(=O)CCl)n1. The second-order valence-electron chi connectivity index (χ2n) is 4.80. The molecule has 2 heterocycles. The number of hydrogen-bond donors (Lipinski definition) is 3. The van der Waals surface area contributed by atoms with Crippen LogP contribution in [-0.4, -0.2) is 66.6 Å². The molecule has 2 rings (SSSR count). The van der Waals surface area contributed by atoms with E-state index in [1.807, 2.05) is 0 Å². The van der Waals surface area contributed by atoms with Gasteiger partial charge in [-0.15, -0.1) is 22.9 Å². The lowest BCUT2D eigenvalue weighted by Gasteiger charge is -2.34. The highest BCUT2D eigenvalue weighted by Gasteiger charge is 2.46. The van der Waals surface area contributed by atoms with Crippen LogP contribution in [0.3, 0.4) is 0 Å². The van der Waals surface area contributed by atoms with Gasteiger partial charge >= 0.3 is 5.97 Å². The van der Waals surface area contributed by atoms with E-state index in [2.05, 4.69) is 35.7 Å². The minimum Gasteiger partial charge on any atom is -0.467 e. The molecule has 1 saturated heterocycles. The van der Waals surface area contributed by atoms with Crippen molar-refractivity contribution in [2.24, 2.45) is 5.16 Å². The molecular formula is C13H14ClN5O6S. The maximum absolute atomic E-state index is 12.4. The first-order chi connectivity index (χ1) is 12.4. The smallest absolute Gasteiger partial charge is 0.331 e. The minimum atomic E-state index is -1.11. The molecule has 3 N–H and O–H groups in total. The van der Waals surface area contributed by atoms with Crippen LogP contribution >= 0.6 is 22.9 Å². The van der Waals surface area contributed by atoms with Gasteiger partial charge in [0, 0.05) is 5.38 Å². The van der Waals surface area contributed by atoms with Crippen molar-refractivity contribution in [3.63, 3.8) is 0 Å². The normalized spacial score (nSPS) is 19.0. The van der Waals surface area contributed by atoms with Crippen LogP contribution in [0, 0.1) is 0 Å². The van der Waals surface area contributed by atoms with E-state index < -0.39 is 35.8 Å². The number of amides is 3. The standard InChI is InChI=1S/C13H14ClN5O6S/c1-24-12(23)9-8(11(22)18-9)17-10(21)7(19-25-2)5-4-26-13(15-5)16-6(20)3-14/h4,8-9H,3H2,1-2H3,(H,17,21)(H,18,22)(H,15,16,20). The van der Waals surface area contributed by atoms with Crippen LogP contribution in [0.1, 0.15) is 5.69 Å². The molecule has 26 heavy (non-hydrogen) atoms. The van der Waals surface area contributed by atoms with Crippen molar-refractivity contribution in [3.8, 4) is 0 Å². The van der Waals surface area contributed by atoms with E-state index in [9.17, 15) is 19.2 Å². The molecule has 1 aromatic rings. The number of oxime groups is 1. The molecule has 0 radical (unpaired) electrons. The molecular weight excluding hydrogens is 390 g/mol. The topological polar surface area (TPSA) is 148 Å². The summed E-state index contributed by atoms with van der Waals surface area (Å²) < 4.78 is 4.54. The van der Waals surface area contributed by atoms with E-state index in [4.69, 9.17) is 11.6 Å². The van der Waals surface area contributed by atoms with Crippen LogP contribution in [0.4, 0.5) is 5.13 Å². The number of esters is 1. The first-order valence-electron chi connectivity index (χ1n) is 7.03. The molecule has 1 aliphatic rings. The Morgan fingerprint density at radius 1 is 1.42 bits per heavy atom. The Morgan fingerprint density at radius 2 is 2.15 bits per heavy atom. The first-order valence-corrected chi connectivity index (χ1v) is 8.44. The lowest BCUT2D eigenvalue weighted by atomic mass is 9.99. The number of methoxy groups -OCH3 is 1. The van der Waals surface area contributed by atoms with E-state index in [1.165, 1.54) is 12.5 Å². The Balaban J connectivity index is 2.13. The van der Waals surface area contributed by atoms with Crippen LogP contribution < -0.4 is 16.0 Å². The van der Waals surface area contributed by atoms with Crippen LogP contribution in [0.2, 0.25) is 0 Å². The average Bonchev–Trinajstić information content (AvgIpc) is 3.08. The highest BCUT2D eigenvalue weighted by Crippen LogP contribution is 2.17. The minimum absolute atomic E-state index is 0.105. The average molecular weight is 404 g/mol. The summed E-state index contributed by atoms with van der Waals surface area (Å²) in [6, 6.07) is -2.10. The molecule has 0 aromatic carbocycles. The molecule has 1 aliphatic heterocycles. The molecule has 13 heteroatoms. The Bertz CT molecular complexity index is 766. The van der Waals surface area contributed by atoms with Crippen molar-refractivity contribution >= 4 is 57.5 Å². The summed E-state index contributed by atoms with van der Waals surface area (Å²) in [7, 11) is 2.39. The number of ether oxygens (including phenoxy) is 1. The largest absolute Gasteiger partial charge is 0.467 e. The summed E-state index contributed by atoms with van der Waals surface area (Å²) in [4.78, 5) is 55.5. The summed E-state index contributed by atoms with van der Waals surface area (Å²) in [5, 5.41) is 12.4. The van der Waals surface area contributed by atoms with Crippen LogP contribution in [-0.2, 0) is 28.8 Å². The molecule has 1 aromatic heterocycles. The number of carbonyl (C=O) groups excluding carboxylic acids is 4. The quantitative estimate of drug-likeness (QED) is 0.171. The van der Waals surface area contributed by atoms with Gasteiger partial charge in [0.05, 0.1) is 7.11 Å². The van der Waals surface area contributed by atoms with Gasteiger partial charge in [-0.1, -0.05) is 5.16 Å². The van der Waals surface area contributed by atoms with E-state index in [0.29, 0.717) is 0 Å². The zero-order chi connectivity index (χ0) is 19.3. The number of rotatable bonds is 7. The molecule has 0 bridgehead atoms. The van der Waals surface area contributed by atoms with Gasteiger partial charge in [-0.05, 0) is 0 Å². The third-order valence-corrected chi connectivity index (χ3v) is 4.17. The number of carbonyl (C=O) groups is 4. The Labute approximate surface area is 156 Å². The number of thiazole rings is 1. The molecule has 0 saturated carbocycles. The van der Waals surface area contributed by atoms with Gasteiger partial charge in [-0.2, -0.15) is 0 Å². The van der Waals surface area contributed by atoms with Gasteiger partial charge in [0.15, 0.2) is 16.9 Å². The lowest BCUT2D eigenvalue weighted by molar-refractivity contribution is -0.153. The number of anilines is 1. The number of β-lactam (4-membered cyclic amide) rings is 1. The molecule has 140 valence electrons. The molecule has 1 fully saturated rings. The Hall–Kier alpha value is -2.73. The molecule has 0 spiro atoms. The van der Waals surface area contributed by atoms with Crippen molar-refractivity contribution in [3.05, 3.63) is 11.1 Å². The van der Waals surface area contributed by atoms with Gasteiger partial charge in [-0.25, -0.2) is 9.78 Å². The summed E-state index contributed by atoms with van der Waals surface area (Å²) in [5.41, 5.74) is -0.132. The lowest BCUT2D eigenvalue weighted by Crippen LogP contribution is -2.72. The molecule has 11 nitrogen and oxygen atoms in total. The van der Waals surface area contributed by atoms with E-state index >= 15 is 0 Å².